The third-order valence-electron chi connectivity index (χ3n) is 9.62. The molecule has 12 heteroatoms. The maximum atomic E-state index is 14.2. The van der Waals surface area contributed by atoms with E-state index < -0.39 is 58.9 Å². The van der Waals surface area contributed by atoms with Crippen LogP contribution in [0, 0.1) is 11.3 Å². The SMILES string of the molecule is C=C[C@@H]1C[C@@]1(NC(=O)[C@@H]1C[C@@H](O/N=C2\CCCc3cc(OC)ccc32)CN1C(=O)[C@@H](NC(=O)OC1CCCC1)C(C)(C)C)C(=O)O. The zero-order valence-corrected chi connectivity index (χ0v) is 27.2. The van der Waals surface area contributed by atoms with Gasteiger partial charge in [-0.15, -0.1) is 6.58 Å². The second-order valence-electron chi connectivity index (χ2n) is 14.0. The first-order valence-electron chi connectivity index (χ1n) is 16.2. The van der Waals surface area contributed by atoms with Crippen molar-refractivity contribution in [1.82, 2.24) is 15.5 Å². The number of nitrogens with one attached hydrogen (secondary N) is 2. The Bertz CT molecular complexity index is 1400. The number of amides is 3. The Morgan fingerprint density at radius 1 is 1.13 bits per heavy atom. The minimum Gasteiger partial charge on any atom is -0.497 e. The maximum Gasteiger partial charge on any atom is 0.408 e. The van der Waals surface area contributed by atoms with Crippen molar-refractivity contribution in [3.8, 4) is 5.75 Å². The Labute approximate surface area is 269 Å². The molecule has 3 N–H and O–H groups in total. The predicted molar refractivity (Wildman–Crippen MR) is 169 cm³/mol. The van der Waals surface area contributed by atoms with Gasteiger partial charge in [-0.05, 0) is 80.5 Å². The van der Waals surface area contributed by atoms with E-state index in [1.54, 1.807) is 7.11 Å². The number of carboxylic acid groups (broad SMARTS) is 1. The number of carboxylic acids is 1. The summed E-state index contributed by atoms with van der Waals surface area (Å²) >= 11 is 0. The first-order valence-corrected chi connectivity index (χ1v) is 16.2. The van der Waals surface area contributed by atoms with E-state index >= 15 is 0 Å². The number of fused-ring (bicyclic) bond motifs is 1. The number of likely N-dealkylation sites (tertiary alicyclic amines) is 1. The number of methoxy groups -OCH3 is 1. The normalized spacial score (nSPS) is 27.3. The number of nitrogens with zero attached hydrogens (tertiary/aromatic N) is 2. The Balaban J connectivity index is 1.37. The topological polar surface area (TPSA) is 156 Å². The average Bonchev–Trinajstić information content (AvgIpc) is 3.30. The molecule has 1 aliphatic heterocycles. The lowest BCUT2D eigenvalue weighted by Gasteiger charge is -2.35. The lowest BCUT2D eigenvalue weighted by molar-refractivity contribution is -0.146. The van der Waals surface area contributed by atoms with Gasteiger partial charge in [0.05, 0.1) is 19.4 Å². The summed E-state index contributed by atoms with van der Waals surface area (Å²) in [6.45, 7) is 9.20. The molecule has 0 bridgehead atoms. The van der Waals surface area contributed by atoms with E-state index in [1.165, 1.54) is 11.0 Å². The smallest absolute Gasteiger partial charge is 0.408 e. The Morgan fingerprint density at radius 3 is 2.50 bits per heavy atom. The van der Waals surface area contributed by atoms with Crippen LogP contribution in [-0.2, 0) is 30.4 Å². The summed E-state index contributed by atoms with van der Waals surface area (Å²) in [4.78, 5) is 60.5. The molecule has 5 atom stereocenters. The molecule has 4 aliphatic rings. The Morgan fingerprint density at radius 2 is 1.87 bits per heavy atom. The minimum atomic E-state index is -1.47. The lowest BCUT2D eigenvalue weighted by Crippen LogP contribution is -2.59. The number of rotatable bonds is 10. The molecular weight excluding hydrogens is 592 g/mol. The first kappa shape index (κ1) is 33.3. The van der Waals surface area contributed by atoms with Gasteiger partial charge in [-0.1, -0.05) is 32.0 Å². The van der Waals surface area contributed by atoms with Gasteiger partial charge < -0.3 is 35.0 Å². The van der Waals surface area contributed by atoms with Crippen LogP contribution in [0.4, 0.5) is 4.79 Å². The van der Waals surface area contributed by atoms with Gasteiger partial charge in [-0.2, -0.15) is 0 Å². The minimum absolute atomic E-state index is 0.0278. The molecule has 46 heavy (non-hydrogen) atoms. The van der Waals surface area contributed by atoms with Crippen LogP contribution in [0.2, 0.25) is 0 Å². The van der Waals surface area contributed by atoms with Gasteiger partial charge in [0, 0.05) is 17.9 Å². The number of hydrogen-bond donors (Lipinski definition) is 3. The molecule has 0 radical (unpaired) electrons. The average molecular weight is 639 g/mol. The van der Waals surface area contributed by atoms with Gasteiger partial charge in [0.2, 0.25) is 11.8 Å². The van der Waals surface area contributed by atoms with E-state index in [9.17, 15) is 24.3 Å². The van der Waals surface area contributed by atoms with Crippen molar-refractivity contribution in [2.45, 2.75) is 108 Å². The number of carbonyl (C=O) groups excluding carboxylic acids is 3. The van der Waals surface area contributed by atoms with Gasteiger partial charge in [0.1, 0.15) is 35.6 Å². The van der Waals surface area contributed by atoms with Crippen LogP contribution in [0.5, 0.6) is 5.75 Å². The van der Waals surface area contributed by atoms with E-state index in [4.69, 9.17) is 14.3 Å². The molecule has 0 unspecified atom stereocenters. The van der Waals surface area contributed by atoms with E-state index in [-0.39, 0.29) is 25.5 Å². The summed E-state index contributed by atoms with van der Waals surface area (Å²) in [5.41, 5.74) is 0.655. The van der Waals surface area contributed by atoms with Gasteiger partial charge in [-0.25, -0.2) is 9.59 Å². The van der Waals surface area contributed by atoms with Crippen molar-refractivity contribution in [3.63, 3.8) is 0 Å². The van der Waals surface area contributed by atoms with Crippen molar-refractivity contribution in [3.05, 3.63) is 42.0 Å². The van der Waals surface area contributed by atoms with Crippen molar-refractivity contribution >= 4 is 29.6 Å². The molecule has 0 aromatic heterocycles. The Hall–Kier alpha value is -4.09. The summed E-state index contributed by atoms with van der Waals surface area (Å²) < 4.78 is 11.0. The fraction of sp³-hybridized carbons (Fsp3) is 0.618. The van der Waals surface area contributed by atoms with Crippen LogP contribution in [0.1, 0.15) is 83.3 Å². The summed E-state index contributed by atoms with van der Waals surface area (Å²) in [7, 11) is 1.62. The third-order valence-corrected chi connectivity index (χ3v) is 9.62. The van der Waals surface area contributed by atoms with E-state index in [2.05, 4.69) is 22.4 Å². The van der Waals surface area contributed by atoms with E-state index in [0.29, 0.717) is 6.42 Å². The van der Waals surface area contributed by atoms with Gasteiger partial charge in [-0.3, -0.25) is 9.59 Å². The lowest BCUT2D eigenvalue weighted by atomic mass is 9.85. The highest BCUT2D eigenvalue weighted by Crippen LogP contribution is 2.45. The molecule has 12 nitrogen and oxygen atoms in total. The summed E-state index contributed by atoms with van der Waals surface area (Å²) in [6, 6.07) is 3.76. The van der Waals surface area contributed by atoms with Crippen molar-refractivity contribution < 1.29 is 38.6 Å². The van der Waals surface area contributed by atoms with Crippen LogP contribution in [0.25, 0.3) is 0 Å². The Kier molecular flexibility index (Phi) is 9.65. The van der Waals surface area contributed by atoms with Gasteiger partial charge in [0.25, 0.3) is 0 Å². The zero-order chi connectivity index (χ0) is 33.2. The molecule has 250 valence electrons. The number of oxime groups is 1. The number of carbonyl (C=O) groups is 4. The summed E-state index contributed by atoms with van der Waals surface area (Å²) in [6.07, 6.45) is 6.36. The molecule has 0 spiro atoms. The molecule has 1 aromatic carbocycles. The highest BCUT2D eigenvalue weighted by molar-refractivity contribution is 6.02. The maximum absolute atomic E-state index is 14.2. The molecule has 5 rings (SSSR count). The number of benzene rings is 1. The second-order valence-corrected chi connectivity index (χ2v) is 14.0. The van der Waals surface area contributed by atoms with Crippen LogP contribution in [-0.4, -0.2) is 83.1 Å². The van der Waals surface area contributed by atoms with Crippen molar-refractivity contribution in [2.75, 3.05) is 13.7 Å². The van der Waals surface area contributed by atoms with Crippen molar-refractivity contribution in [2.24, 2.45) is 16.5 Å². The largest absolute Gasteiger partial charge is 0.497 e. The van der Waals surface area contributed by atoms with Crippen LogP contribution in [0.3, 0.4) is 0 Å². The fourth-order valence-electron chi connectivity index (χ4n) is 6.81. The number of alkyl carbamates (subject to hydrolysis) is 1. The highest BCUT2D eigenvalue weighted by Gasteiger charge is 2.61. The first-order chi connectivity index (χ1) is 21.9. The molecule has 1 aromatic rings. The van der Waals surface area contributed by atoms with Crippen LogP contribution >= 0.6 is 0 Å². The number of hydrogen-bond acceptors (Lipinski definition) is 8. The summed E-state index contributed by atoms with van der Waals surface area (Å²) in [5.74, 6) is -1.89. The molecule has 1 heterocycles. The molecule has 3 aliphatic carbocycles. The van der Waals surface area contributed by atoms with E-state index in [0.717, 1.165) is 61.1 Å². The second kappa shape index (κ2) is 13.3. The molecular formula is C34H46N4O8. The van der Waals surface area contributed by atoms with Gasteiger partial charge >= 0.3 is 12.1 Å². The van der Waals surface area contributed by atoms with Crippen LogP contribution < -0.4 is 15.4 Å². The van der Waals surface area contributed by atoms with Crippen LogP contribution in [0.15, 0.2) is 36.0 Å². The van der Waals surface area contributed by atoms with Gasteiger partial charge in [0.15, 0.2) is 0 Å². The quantitative estimate of drug-likeness (QED) is 0.257. The standard InChI is InChI=1S/C34H46N4O8/c1-6-21-18-34(21,31(41)42)36-29(39)27-17-24(46-37-26-13-9-10-20-16-23(44-5)14-15-25(20)26)19-38(27)30(40)28(33(2,3)4)35-32(43)45-22-11-7-8-12-22/h6,14-16,21-22,24,27-28H,1,7-13,17-19H2,2-5H3,(H,35,43)(H,36,39)(H,41,42)/b37-26+/t21-,24-,27+,28-,34+/m1/s1. The van der Waals surface area contributed by atoms with E-state index in [1.807, 2.05) is 39.0 Å². The molecule has 2 saturated carbocycles. The highest BCUT2D eigenvalue weighted by atomic mass is 16.6. The molecule has 3 fully saturated rings. The predicted octanol–water partition coefficient (Wildman–Crippen LogP) is 3.95. The number of aryl methyl sites for hydroxylation is 1. The molecule has 1 saturated heterocycles. The van der Waals surface area contributed by atoms with Crippen molar-refractivity contribution in [1.29, 1.82) is 0 Å². The zero-order valence-electron chi connectivity index (χ0n) is 27.2. The fourth-order valence-corrected chi connectivity index (χ4v) is 6.81. The monoisotopic (exact) mass is 638 g/mol. The number of ether oxygens (including phenoxy) is 2. The molecule has 3 amide bonds. The number of aliphatic carboxylic acids is 1. The summed E-state index contributed by atoms with van der Waals surface area (Å²) in [5, 5.41) is 19.9. The third kappa shape index (κ3) is 7.00.